The van der Waals surface area contributed by atoms with Crippen molar-refractivity contribution in [1.82, 2.24) is 15.0 Å². The number of carbonyl (C=O) groups excluding carboxylic acids is 1. The minimum atomic E-state index is -0.596. The molecular formula is C22H30ClN3O5. The molecule has 4 saturated heterocycles. The molecule has 0 saturated carbocycles. The van der Waals surface area contributed by atoms with Gasteiger partial charge in [0.05, 0.1) is 25.9 Å². The molecule has 0 radical (unpaired) electrons. The van der Waals surface area contributed by atoms with Crippen molar-refractivity contribution in [1.29, 1.82) is 0 Å². The first-order chi connectivity index (χ1) is 15.2. The zero-order valence-electron chi connectivity index (χ0n) is 17.7. The van der Waals surface area contributed by atoms with Crippen LogP contribution in [0.4, 0.5) is 0 Å². The van der Waals surface area contributed by atoms with E-state index in [1.165, 1.54) is 6.42 Å². The molecule has 4 aliphatic heterocycles. The lowest BCUT2D eigenvalue weighted by Crippen LogP contribution is -2.53. The molecule has 170 valence electrons. The first-order valence-electron chi connectivity index (χ1n) is 11.3. The monoisotopic (exact) mass is 451 g/mol. The van der Waals surface area contributed by atoms with Gasteiger partial charge in [0.1, 0.15) is 0 Å². The fourth-order valence-corrected chi connectivity index (χ4v) is 5.07. The van der Waals surface area contributed by atoms with Gasteiger partial charge in [0.2, 0.25) is 0 Å². The SMILES string of the molecule is O=C([C@@H]1ON2CCO[C@@H](ON3CCOCC3)[C@@H]2[C@H]1c1ccc(Cl)cc1)N1CCCCC1. The second-order valence-electron chi connectivity index (χ2n) is 8.51. The number of fused-ring (bicyclic) bond motifs is 1. The molecule has 4 fully saturated rings. The predicted octanol–water partition coefficient (Wildman–Crippen LogP) is 2.04. The molecule has 0 N–H and O–H groups in total. The summed E-state index contributed by atoms with van der Waals surface area (Å²) in [4.78, 5) is 28.0. The van der Waals surface area contributed by atoms with Gasteiger partial charge in [-0.1, -0.05) is 23.7 Å². The molecular weight excluding hydrogens is 422 g/mol. The van der Waals surface area contributed by atoms with Crippen LogP contribution in [0.3, 0.4) is 0 Å². The first kappa shape index (κ1) is 21.6. The number of amides is 1. The second-order valence-corrected chi connectivity index (χ2v) is 8.94. The molecule has 0 spiro atoms. The van der Waals surface area contributed by atoms with Gasteiger partial charge in [-0.3, -0.25) is 14.5 Å². The second kappa shape index (κ2) is 9.70. The van der Waals surface area contributed by atoms with Gasteiger partial charge < -0.3 is 14.4 Å². The predicted molar refractivity (Wildman–Crippen MR) is 113 cm³/mol. The summed E-state index contributed by atoms with van der Waals surface area (Å²) >= 11 is 6.15. The smallest absolute Gasteiger partial charge is 0.254 e. The van der Waals surface area contributed by atoms with E-state index in [2.05, 4.69) is 0 Å². The van der Waals surface area contributed by atoms with E-state index in [1.54, 1.807) is 0 Å². The van der Waals surface area contributed by atoms with E-state index in [0.717, 1.165) is 31.5 Å². The van der Waals surface area contributed by atoms with Crippen LogP contribution in [0.15, 0.2) is 24.3 Å². The maximum absolute atomic E-state index is 13.5. The zero-order valence-corrected chi connectivity index (χ0v) is 18.4. The van der Waals surface area contributed by atoms with E-state index >= 15 is 0 Å². The van der Waals surface area contributed by atoms with Crippen LogP contribution in [-0.4, -0.2) is 91.9 Å². The molecule has 31 heavy (non-hydrogen) atoms. The summed E-state index contributed by atoms with van der Waals surface area (Å²) in [5, 5.41) is 4.47. The minimum absolute atomic E-state index is 0.0548. The van der Waals surface area contributed by atoms with Gasteiger partial charge in [-0.25, -0.2) is 0 Å². The fraction of sp³-hybridized carbons (Fsp3) is 0.682. The van der Waals surface area contributed by atoms with Crippen molar-refractivity contribution in [2.45, 2.75) is 43.6 Å². The third kappa shape index (κ3) is 4.61. The standard InChI is InChI=1S/C22H30ClN3O5/c23-17-6-4-16(5-7-17)18-19-22(31-25-10-13-28-14-11-25)29-15-12-26(19)30-20(18)21(27)24-8-2-1-3-9-24/h4-7,18-20,22H,1-3,8-15H2/t18-,19+,20-,22+/m1/s1. The Morgan fingerprint density at radius 1 is 0.968 bits per heavy atom. The van der Waals surface area contributed by atoms with Crippen LogP contribution >= 0.6 is 11.6 Å². The average molecular weight is 452 g/mol. The van der Waals surface area contributed by atoms with E-state index in [1.807, 2.05) is 39.3 Å². The quantitative estimate of drug-likeness (QED) is 0.694. The Kier molecular flexibility index (Phi) is 6.75. The summed E-state index contributed by atoms with van der Waals surface area (Å²) in [6.07, 6.45) is 2.15. The third-order valence-electron chi connectivity index (χ3n) is 6.54. The number of rotatable bonds is 4. The summed E-state index contributed by atoms with van der Waals surface area (Å²) in [5.74, 6) is -0.155. The molecule has 1 amide bonds. The molecule has 4 heterocycles. The van der Waals surface area contributed by atoms with Crippen LogP contribution in [0.2, 0.25) is 5.02 Å². The van der Waals surface area contributed by atoms with Gasteiger partial charge in [0.25, 0.3) is 5.91 Å². The van der Waals surface area contributed by atoms with Gasteiger partial charge in [-0.2, -0.15) is 10.1 Å². The van der Waals surface area contributed by atoms with Crippen LogP contribution < -0.4 is 0 Å². The van der Waals surface area contributed by atoms with Crippen LogP contribution in [-0.2, 0) is 23.9 Å². The number of piperidine rings is 1. The van der Waals surface area contributed by atoms with E-state index < -0.39 is 12.4 Å². The summed E-state index contributed by atoms with van der Waals surface area (Å²) < 4.78 is 11.5. The Morgan fingerprint density at radius 3 is 2.45 bits per heavy atom. The Bertz CT molecular complexity index is 754. The highest BCUT2D eigenvalue weighted by atomic mass is 35.5. The number of hydrogen-bond donors (Lipinski definition) is 0. The molecule has 9 heteroatoms. The van der Waals surface area contributed by atoms with Crippen molar-refractivity contribution in [2.75, 3.05) is 52.5 Å². The van der Waals surface area contributed by atoms with Crippen molar-refractivity contribution >= 4 is 17.5 Å². The van der Waals surface area contributed by atoms with Crippen LogP contribution in [0.5, 0.6) is 0 Å². The minimum Gasteiger partial charge on any atom is -0.379 e. The molecule has 1 aromatic rings. The number of halogens is 1. The zero-order chi connectivity index (χ0) is 21.2. The maximum Gasteiger partial charge on any atom is 0.254 e. The van der Waals surface area contributed by atoms with Crippen molar-refractivity contribution in [3.63, 3.8) is 0 Å². The average Bonchev–Trinajstić information content (AvgIpc) is 3.21. The molecule has 8 nitrogen and oxygen atoms in total. The number of hydroxylamine groups is 4. The van der Waals surface area contributed by atoms with Crippen LogP contribution in [0.25, 0.3) is 0 Å². The van der Waals surface area contributed by atoms with Crippen LogP contribution in [0, 0.1) is 0 Å². The van der Waals surface area contributed by atoms with Gasteiger partial charge in [0.15, 0.2) is 12.4 Å². The lowest BCUT2D eigenvalue weighted by molar-refractivity contribution is -0.343. The highest BCUT2D eigenvalue weighted by Gasteiger charge is 2.54. The number of likely N-dealkylation sites (tertiary alicyclic amines) is 1. The van der Waals surface area contributed by atoms with Crippen molar-refractivity contribution in [3.05, 3.63) is 34.9 Å². The number of carbonyl (C=O) groups is 1. The highest BCUT2D eigenvalue weighted by Crippen LogP contribution is 2.42. The van der Waals surface area contributed by atoms with E-state index in [0.29, 0.717) is 44.5 Å². The number of nitrogens with zero attached hydrogens (tertiary/aromatic N) is 3. The van der Waals surface area contributed by atoms with Gasteiger partial charge in [-0.15, -0.1) is 0 Å². The van der Waals surface area contributed by atoms with E-state index in [-0.39, 0.29) is 17.9 Å². The van der Waals surface area contributed by atoms with Gasteiger partial charge in [0, 0.05) is 43.7 Å². The maximum atomic E-state index is 13.5. The molecule has 5 rings (SSSR count). The van der Waals surface area contributed by atoms with Crippen molar-refractivity contribution in [3.8, 4) is 0 Å². The van der Waals surface area contributed by atoms with Crippen LogP contribution in [0.1, 0.15) is 30.7 Å². The van der Waals surface area contributed by atoms with Crippen molar-refractivity contribution < 1.29 is 23.9 Å². The molecule has 4 aliphatic rings. The Labute approximate surface area is 187 Å². The fourth-order valence-electron chi connectivity index (χ4n) is 4.95. The molecule has 0 aliphatic carbocycles. The largest absolute Gasteiger partial charge is 0.379 e. The lowest BCUT2D eigenvalue weighted by Gasteiger charge is -2.39. The van der Waals surface area contributed by atoms with Gasteiger partial charge in [-0.05, 0) is 37.0 Å². The molecule has 1 aromatic carbocycles. The van der Waals surface area contributed by atoms with Gasteiger partial charge >= 0.3 is 0 Å². The first-order valence-corrected chi connectivity index (χ1v) is 11.7. The molecule has 0 aromatic heterocycles. The lowest BCUT2D eigenvalue weighted by atomic mass is 9.85. The Morgan fingerprint density at radius 2 is 1.71 bits per heavy atom. The molecule has 4 atom stereocenters. The number of hydrogen-bond acceptors (Lipinski definition) is 7. The number of morpholine rings is 2. The Hall–Kier alpha value is -1.26. The van der Waals surface area contributed by atoms with Crippen molar-refractivity contribution in [2.24, 2.45) is 0 Å². The van der Waals surface area contributed by atoms with E-state index in [4.69, 9.17) is 30.7 Å². The number of benzene rings is 1. The Balaban J connectivity index is 1.43. The summed E-state index contributed by atoms with van der Waals surface area (Å²) in [7, 11) is 0. The molecule has 0 unspecified atom stereocenters. The normalized spacial score (nSPS) is 32.7. The summed E-state index contributed by atoms with van der Waals surface area (Å²) in [5.41, 5.74) is 1.01. The number of ether oxygens (including phenoxy) is 2. The van der Waals surface area contributed by atoms with E-state index in [9.17, 15) is 4.79 Å². The topological polar surface area (TPSA) is 63.7 Å². The summed E-state index contributed by atoms with van der Waals surface area (Å²) in [6, 6.07) is 7.47. The summed E-state index contributed by atoms with van der Waals surface area (Å²) in [6.45, 7) is 5.32. The third-order valence-corrected chi connectivity index (χ3v) is 6.79. The molecule has 0 bridgehead atoms. The highest BCUT2D eigenvalue weighted by molar-refractivity contribution is 6.30.